The van der Waals surface area contributed by atoms with Gasteiger partial charge in [-0.25, -0.2) is 0 Å². The van der Waals surface area contributed by atoms with Crippen molar-refractivity contribution in [2.75, 3.05) is 6.56 Å². The second-order valence-corrected chi connectivity index (χ2v) is 2.61. The maximum Gasteiger partial charge on any atom is 0.394 e. The number of halogens is 3. The molecule has 0 spiro atoms. The van der Waals surface area contributed by atoms with Gasteiger partial charge in [-0.05, 0) is 19.3 Å². The third-order valence-corrected chi connectivity index (χ3v) is 1.87. The number of aliphatic hydroxyl groups is 1. The maximum absolute atomic E-state index is 12.1. The molecule has 0 saturated heterocycles. The van der Waals surface area contributed by atoms with Gasteiger partial charge >= 0.3 is 6.18 Å². The molecule has 1 aliphatic rings. The molecule has 0 radical (unpaired) electrons. The Balaban J connectivity index is 2.63. The van der Waals surface area contributed by atoms with Crippen molar-refractivity contribution in [3.05, 3.63) is 0 Å². The lowest BCUT2D eigenvalue weighted by Gasteiger charge is -2.16. The first-order valence-electron chi connectivity index (χ1n) is 3.95. The number of hydrogen-bond donors (Lipinski definition) is 1. The van der Waals surface area contributed by atoms with E-state index in [4.69, 9.17) is 7.85 Å². The second kappa shape index (κ2) is 2.12. The average molecular weight is 156 g/mol. The summed E-state index contributed by atoms with van der Waals surface area (Å²) in [7, 11) is 0. The van der Waals surface area contributed by atoms with Crippen LogP contribution in [0.1, 0.15) is 22.0 Å². The van der Waals surface area contributed by atoms with Crippen molar-refractivity contribution in [3.63, 3.8) is 0 Å². The molecule has 1 N–H and O–H groups in total. The van der Waals surface area contributed by atoms with Crippen LogP contribution in [0.3, 0.4) is 0 Å². The molecule has 1 aliphatic carbocycles. The first-order chi connectivity index (χ1) is 5.16. The molecule has 0 amide bonds. The molecule has 0 heterocycles. The standard InChI is InChI=1S/C6H9F3O/c7-6(8,9)5(1-2-5)3-4-10/h10H,1-4H2/i4D2. The minimum atomic E-state index is -4.39. The van der Waals surface area contributed by atoms with Crippen molar-refractivity contribution in [2.24, 2.45) is 5.41 Å². The summed E-state index contributed by atoms with van der Waals surface area (Å²) >= 11 is 0. The van der Waals surface area contributed by atoms with Crippen LogP contribution in [0.15, 0.2) is 0 Å². The molecule has 0 unspecified atom stereocenters. The van der Waals surface area contributed by atoms with Crippen molar-refractivity contribution < 1.29 is 21.0 Å². The Kier molecular flexibility index (Phi) is 1.15. The molecule has 0 atom stereocenters. The topological polar surface area (TPSA) is 20.2 Å². The molecule has 1 nitrogen and oxygen atoms in total. The minimum Gasteiger partial charge on any atom is -0.396 e. The summed E-state index contributed by atoms with van der Waals surface area (Å²) in [5, 5.41) is 8.59. The summed E-state index contributed by atoms with van der Waals surface area (Å²) in [5.74, 6) is 0. The molecular formula is C6H9F3O. The summed E-state index contributed by atoms with van der Waals surface area (Å²) in [6.45, 7) is -2.72. The largest absolute Gasteiger partial charge is 0.396 e. The third-order valence-electron chi connectivity index (χ3n) is 1.87. The lowest BCUT2D eigenvalue weighted by atomic mass is 10.0. The summed E-state index contributed by atoms with van der Waals surface area (Å²) in [4.78, 5) is 0. The van der Waals surface area contributed by atoms with E-state index in [1.165, 1.54) is 0 Å². The molecular weight excluding hydrogens is 145 g/mol. The molecule has 4 heteroatoms. The van der Waals surface area contributed by atoms with Crippen LogP contribution in [0.2, 0.25) is 0 Å². The van der Waals surface area contributed by atoms with Gasteiger partial charge in [0.2, 0.25) is 0 Å². The first kappa shape index (κ1) is 5.41. The van der Waals surface area contributed by atoms with E-state index in [0.717, 1.165) is 0 Å². The predicted octanol–water partition coefficient (Wildman–Crippen LogP) is 1.71. The lowest BCUT2D eigenvalue weighted by Crippen LogP contribution is -2.25. The Morgan fingerprint density at radius 3 is 2.10 bits per heavy atom. The van der Waals surface area contributed by atoms with E-state index < -0.39 is 24.6 Å². The van der Waals surface area contributed by atoms with Gasteiger partial charge in [-0.1, -0.05) is 0 Å². The van der Waals surface area contributed by atoms with Crippen LogP contribution >= 0.6 is 0 Å². The van der Waals surface area contributed by atoms with E-state index >= 15 is 0 Å². The molecule has 60 valence electrons. The normalized spacial score (nSPS) is 27.2. The van der Waals surface area contributed by atoms with E-state index in [0.29, 0.717) is 0 Å². The van der Waals surface area contributed by atoms with Crippen LogP contribution in [-0.4, -0.2) is 17.8 Å². The van der Waals surface area contributed by atoms with Crippen LogP contribution in [-0.2, 0) is 0 Å². The van der Waals surface area contributed by atoms with E-state index in [1.807, 2.05) is 0 Å². The van der Waals surface area contributed by atoms with Crippen molar-refractivity contribution in [3.8, 4) is 0 Å². The van der Waals surface area contributed by atoms with E-state index in [-0.39, 0.29) is 12.8 Å². The first-order valence-corrected chi connectivity index (χ1v) is 2.95. The summed E-state index contributed by atoms with van der Waals surface area (Å²) in [6, 6.07) is 0. The predicted molar refractivity (Wildman–Crippen MR) is 29.4 cm³/mol. The van der Waals surface area contributed by atoms with Gasteiger partial charge < -0.3 is 5.11 Å². The Hall–Kier alpha value is -0.250. The number of alkyl halides is 3. The zero-order valence-electron chi connectivity index (χ0n) is 7.20. The van der Waals surface area contributed by atoms with Gasteiger partial charge in [0.1, 0.15) is 0 Å². The Bertz CT molecular complexity index is 180. The molecule has 0 aliphatic heterocycles. The highest BCUT2D eigenvalue weighted by Crippen LogP contribution is 2.59. The molecule has 1 rings (SSSR count). The van der Waals surface area contributed by atoms with Crippen molar-refractivity contribution in [1.82, 2.24) is 0 Å². The summed E-state index contributed by atoms with van der Waals surface area (Å²) < 4.78 is 49.7. The number of hydrogen-bond acceptors (Lipinski definition) is 1. The van der Waals surface area contributed by atoms with E-state index in [9.17, 15) is 13.2 Å². The van der Waals surface area contributed by atoms with Gasteiger partial charge in [0.25, 0.3) is 0 Å². The van der Waals surface area contributed by atoms with Gasteiger partial charge in [-0.3, -0.25) is 0 Å². The highest BCUT2D eigenvalue weighted by atomic mass is 19.4. The van der Waals surface area contributed by atoms with Gasteiger partial charge in [0, 0.05) is 6.56 Å². The zero-order chi connectivity index (χ0) is 9.62. The Morgan fingerprint density at radius 2 is 2.00 bits per heavy atom. The molecule has 10 heavy (non-hydrogen) atoms. The quantitative estimate of drug-likeness (QED) is 0.645. The van der Waals surface area contributed by atoms with Crippen LogP contribution in [0.4, 0.5) is 13.2 Å². The summed E-state index contributed by atoms with van der Waals surface area (Å²) in [6.07, 6.45) is -5.38. The van der Waals surface area contributed by atoms with Crippen molar-refractivity contribution >= 4 is 0 Å². The highest BCUT2D eigenvalue weighted by Gasteiger charge is 2.62. The van der Waals surface area contributed by atoms with Gasteiger partial charge in [0.15, 0.2) is 0 Å². The lowest BCUT2D eigenvalue weighted by molar-refractivity contribution is -0.190. The molecule has 1 fully saturated rings. The molecule has 0 aromatic carbocycles. The van der Waals surface area contributed by atoms with E-state index in [1.54, 1.807) is 0 Å². The molecule has 1 saturated carbocycles. The SMILES string of the molecule is [2H]C([2H])(O)CC1(C(F)(F)F)CC1. The fourth-order valence-electron chi connectivity index (χ4n) is 0.863. The Labute approximate surface area is 59.7 Å². The fourth-order valence-corrected chi connectivity index (χ4v) is 0.863. The van der Waals surface area contributed by atoms with Gasteiger partial charge in [-0.15, -0.1) is 0 Å². The van der Waals surface area contributed by atoms with E-state index in [2.05, 4.69) is 0 Å². The Morgan fingerprint density at radius 1 is 1.50 bits per heavy atom. The smallest absolute Gasteiger partial charge is 0.394 e. The fraction of sp³-hybridized carbons (Fsp3) is 1.00. The van der Waals surface area contributed by atoms with Crippen LogP contribution in [0.5, 0.6) is 0 Å². The molecule has 0 aromatic heterocycles. The van der Waals surface area contributed by atoms with Gasteiger partial charge in [0.05, 0.1) is 8.16 Å². The van der Waals surface area contributed by atoms with Crippen LogP contribution in [0, 0.1) is 5.41 Å². The minimum absolute atomic E-state index is 0.0728. The highest BCUT2D eigenvalue weighted by molar-refractivity contribution is 4.98. The molecule has 0 bridgehead atoms. The second-order valence-electron chi connectivity index (χ2n) is 2.61. The molecule has 0 aromatic rings. The van der Waals surface area contributed by atoms with Crippen molar-refractivity contribution in [1.29, 1.82) is 0 Å². The summed E-state index contributed by atoms with van der Waals surface area (Å²) in [5.41, 5.74) is -1.95. The number of rotatable bonds is 2. The average Bonchev–Trinajstić information content (AvgIpc) is 2.39. The zero-order valence-corrected chi connectivity index (χ0v) is 5.20. The van der Waals surface area contributed by atoms with Crippen LogP contribution in [0.25, 0.3) is 0 Å². The van der Waals surface area contributed by atoms with Crippen LogP contribution < -0.4 is 0 Å². The van der Waals surface area contributed by atoms with Gasteiger partial charge in [-0.2, -0.15) is 13.2 Å². The van der Waals surface area contributed by atoms with Crippen molar-refractivity contribution in [2.45, 2.75) is 25.4 Å². The third kappa shape index (κ3) is 1.12. The monoisotopic (exact) mass is 156 g/mol. The maximum atomic E-state index is 12.1.